The lowest BCUT2D eigenvalue weighted by atomic mass is 9.60. The van der Waals surface area contributed by atoms with Crippen LogP contribution in [0.3, 0.4) is 0 Å². The summed E-state index contributed by atoms with van der Waals surface area (Å²) in [6.45, 7) is 4.12. The van der Waals surface area contributed by atoms with E-state index in [0.29, 0.717) is 12.2 Å². The average molecular weight is 317 g/mol. The van der Waals surface area contributed by atoms with E-state index < -0.39 is 0 Å². The molecule has 1 N–H and O–H groups in total. The summed E-state index contributed by atoms with van der Waals surface area (Å²) in [5, 5.41) is 9.96. The first kappa shape index (κ1) is 13.8. The molecule has 1 aromatic carbocycles. The Labute approximate surface area is 115 Å². The van der Waals surface area contributed by atoms with E-state index >= 15 is 0 Å². The zero-order chi connectivity index (χ0) is 13.3. The van der Waals surface area contributed by atoms with Crippen LogP contribution in [0, 0.1) is 11.2 Å². The fourth-order valence-electron chi connectivity index (χ4n) is 2.79. The molecule has 0 spiro atoms. The minimum absolute atomic E-state index is 0.0411. The van der Waals surface area contributed by atoms with Crippen LogP contribution in [0.2, 0.25) is 0 Å². The molecule has 2 rings (SSSR count). The van der Waals surface area contributed by atoms with E-state index in [9.17, 15) is 9.50 Å². The number of aliphatic hydroxyl groups is 1. The summed E-state index contributed by atoms with van der Waals surface area (Å²) in [6, 6.07) is 4.41. The molecule has 0 heterocycles. The smallest absolute Gasteiger partial charge is 0.136 e. The van der Waals surface area contributed by atoms with E-state index in [0.717, 1.165) is 17.3 Å². The van der Waals surface area contributed by atoms with Crippen LogP contribution in [0.4, 0.5) is 4.39 Å². The average Bonchev–Trinajstić information content (AvgIpc) is 2.35. The summed E-state index contributed by atoms with van der Waals surface area (Å²) in [4.78, 5) is 0. The molecule has 2 nitrogen and oxygen atoms in total. The van der Waals surface area contributed by atoms with Crippen LogP contribution in [0.25, 0.3) is 0 Å². The first-order valence-corrected chi connectivity index (χ1v) is 7.12. The van der Waals surface area contributed by atoms with Gasteiger partial charge in [0, 0.05) is 17.9 Å². The van der Waals surface area contributed by atoms with E-state index in [-0.39, 0.29) is 23.4 Å². The van der Waals surface area contributed by atoms with Gasteiger partial charge in [-0.2, -0.15) is 0 Å². The number of benzene rings is 1. The Morgan fingerprint density at radius 3 is 2.67 bits per heavy atom. The molecule has 4 heteroatoms. The highest BCUT2D eigenvalue weighted by atomic mass is 79.9. The molecular weight excluding hydrogens is 299 g/mol. The van der Waals surface area contributed by atoms with Gasteiger partial charge in [-0.15, -0.1) is 0 Å². The van der Waals surface area contributed by atoms with E-state index in [2.05, 4.69) is 29.8 Å². The molecule has 1 saturated carbocycles. The first-order valence-electron chi connectivity index (χ1n) is 6.33. The number of rotatable bonds is 4. The Hall–Kier alpha value is -0.610. The fraction of sp³-hybridized carbons (Fsp3) is 0.571. The molecule has 100 valence electrons. The van der Waals surface area contributed by atoms with Gasteiger partial charge in [0.2, 0.25) is 0 Å². The van der Waals surface area contributed by atoms with Crippen molar-refractivity contribution in [3.05, 3.63) is 28.5 Å². The van der Waals surface area contributed by atoms with Gasteiger partial charge < -0.3 is 9.84 Å². The van der Waals surface area contributed by atoms with Crippen molar-refractivity contribution >= 4 is 15.9 Å². The molecule has 1 fully saturated rings. The van der Waals surface area contributed by atoms with Gasteiger partial charge in [-0.3, -0.25) is 0 Å². The van der Waals surface area contributed by atoms with E-state index in [4.69, 9.17) is 4.74 Å². The molecule has 0 amide bonds. The topological polar surface area (TPSA) is 29.5 Å². The van der Waals surface area contributed by atoms with Crippen molar-refractivity contribution < 1.29 is 14.2 Å². The maximum Gasteiger partial charge on any atom is 0.136 e. The molecule has 2 unspecified atom stereocenters. The third-order valence-corrected chi connectivity index (χ3v) is 4.88. The molecule has 18 heavy (non-hydrogen) atoms. The Balaban J connectivity index is 2.17. The van der Waals surface area contributed by atoms with Crippen molar-refractivity contribution in [2.75, 3.05) is 0 Å². The van der Waals surface area contributed by atoms with Gasteiger partial charge in [0.25, 0.3) is 0 Å². The zero-order valence-electron chi connectivity index (χ0n) is 10.6. The Morgan fingerprint density at radius 2 is 2.11 bits per heavy atom. The van der Waals surface area contributed by atoms with Gasteiger partial charge in [0.15, 0.2) is 0 Å². The van der Waals surface area contributed by atoms with Gasteiger partial charge in [0.05, 0.1) is 10.6 Å². The third-order valence-electron chi connectivity index (χ3n) is 4.22. The second kappa shape index (κ2) is 5.17. The molecule has 1 aliphatic rings. The van der Waals surface area contributed by atoms with Crippen LogP contribution in [0.5, 0.6) is 5.75 Å². The van der Waals surface area contributed by atoms with E-state index in [1.54, 1.807) is 6.07 Å². The van der Waals surface area contributed by atoms with Crippen LogP contribution in [0.1, 0.15) is 33.1 Å². The SMILES string of the molecule is CCC1(CC)C(O)CC1Oc1cc(F)ccc1Br. The largest absolute Gasteiger partial charge is 0.488 e. The summed E-state index contributed by atoms with van der Waals surface area (Å²) in [5.74, 6) is 0.199. The minimum Gasteiger partial charge on any atom is -0.488 e. The predicted octanol–water partition coefficient (Wildman–Crippen LogP) is 3.91. The maximum atomic E-state index is 13.2. The molecule has 1 aliphatic carbocycles. The lowest BCUT2D eigenvalue weighted by Gasteiger charge is -2.52. The Bertz CT molecular complexity index is 432. The molecule has 2 atom stereocenters. The molecule has 0 aliphatic heterocycles. The number of ether oxygens (including phenoxy) is 1. The van der Waals surface area contributed by atoms with Gasteiger partial charge >= 0.3 is 0 Å². The number of hydrogen-bond donors (Lipinski definition) is 1. The summed E-state index contributed by atoms with van der Waals surface area (Å²) in [7, 11) is 0. The zero-order valence-corrected chi connectivity index (χ0v) is 12.2. The van der Waals surface area contributed by atoms with Crippen LogP contribution in [-0.2, 0) is 0 Å². The summed E-state index contributed by atoms with van der Waals surface area (Å²) in [5.41, 5.74) is -0.189. The highest BCUT2D eigenvalue weighted by molar-refractivity contribution is 9.10. The quantitative estimate of drug-likeness (QED) is 0.912. The highest BCUT2D eigenvalue weighted by Crippen LogP contribution is 2.49. The van der Waals surface area contributed by atoms with Crippen LogP contribution in [0.15, 0.2) is 22.7 Å². The monoisotopic (exact) mass is 316 g/mol. The third kappa shape index (κ3) is 2.16. The van der Waals surface area contributed by atoms with Crippen molar-refractivity contribution in [2.24, 2.45) is 5.41 Å². The minimum atomic E-state index is -0.315. The maximum absolute atomic E-state index is 13.2. The van der Waals surface area contributed by atoms with Gasteiger partial charge in [-0.05, 0) is 40.9 Å². The lowest BCUT2D eigenvalue weighted by Crippen LogP contribution is -2.59. The first-order chi connectivity index (χ1) is 8.53. The van der Waals surface area contributed by atoms with Gasteiger partial charge in [-0.1, -0.05) is 13.8 Å². The van der Waals surface area contributed by atoms with Crippen molar-refractivity contribution in [3.63, 3.8) is 0 Å². The second-order valence-corrected chi connectivity index (χ2v) is 5.73. The van der Waals surface area contributed by atoms with Crippen LogP contribution >= 0.6 is 15.9 Å². The van der Waals surface area contributed by atoms with Crippen LogP contribution in [-0.4, -0.2) is 17.3 Å². The highest BCUT2D eigenvalue weighted by Gasteiger charge is 2.53. The van der Waals surface area contributed by atoms with Crippen LogP contribution < -0.4 is 4.74 Å². The lowest BCUT2D eigenvalue weighted by molar-refractivity contribution is -0.159. The number of hydrogen-bond acceptors (Lipinski definition) is 2. The molecule has 0 saturated heterocycles. The molecule has 0 bridgehead atoms. The normalized spacial score (nSPS) is 25.6. The molecular formula is C14H18BrFO2. The molecule has 0 radical (unpaired) electrons. The summed E-state index contributed by atoms with van der Waals surface area (Å²) >= 11 is 3.35. The van der Waals surface area contributed by atoms with E-state index in [1.165, 1.54) is 12.1 Å². The van der Waals surface area contributed by atoms with Crippen molar-refractivity contribution in [1.29, 1.82) is 0 Å². The number of aliphatic hydroxyl groups excluding tert-OH is 1. The van der Waals surface area contributed by atoms with Crippen molar-refractivity contribution in [3.8, 4) is 5.75 Å². The summed E-state index contributed by atoms with van der Waals surface area (Å²) < 4.78 is 19.8. The summed E-state index contributed by atoms with van der Waals surface area (Å²) in [6.07, 6.45) is 1.99. The standard InChI is InChI=1S/C14H18BrFO2/c1-3-14(4-2)12(17)8-13(14)18-11-7-9(16)5-6-10(11)15/h5-7,12-13,17H,3-4,8H2,1-2H3. The Morgan fingerprint density at radius 1 is 1.44 bits per heavy atom. The van der Waals surface area contributed by atoms with Gasteiger partial charge in [0.1, 0.15) is 17.7 Å². The molecule has 0 aromatic heterocycles. The Kier molecular flexibility index (Phi) is 3.97. The predicted molar refractivity (Wildman–Crippen MR) is 72.2 cm³/mol. The fourth-order valence-corrected chi connectivity index (χ4v) is 3.13. The van der Waals surface area contributed by atoms with Gasteiger partial charge in [-0.25, -0.2) is 4.39 Å². The molecule has 1 aromatic rings. The van der Waals surface area contributed by atoms with Crippen molar-refractivity contribution in [1.82, 2.24) is 0 Å². The van der Waals surface area contributed by atoms with Crippen molar-refractivity contribution in [2.45, 2.75) is 45.3 Å². The number of halogens is 2. The van der Waals surface area contributed by atoms with E-state index in [1.807, 2.05) is 0 Å². The second-order valence-electron chi connectivity index (χ2n) is 4.87.